The summed E-state index contributed by atoms with van der Waals surface area (Å²) in [6.45, 7) is 6.85. The molecule has 1 fully saturated rings. The number of nitrogens with two attached hydrogens (primary N) is 1. The van der Waals surface area contributed by atoms with E-state index < -0.39 is 0 Å². The average molecular weight is 183 g/mol. The van der Waals surface area contributed by atoms with Gasteiger partial charge in [-0.3, -0.25) is 0 Å². The van der Waals surface area contributed by atoms with Crippen molar-refractivity contribution in [1.29, 1.82) is 0 Å². The SMILES string of the molecule is CCC1CCC(C(N)CC(C)C)C1. The summed E-state index contributed by atoms with van der Waals surface area (Å²) in [5, 5.41) is 0. The van der Waals surface area contributed by atoms with Crippen LogP contribution in [0.4, 0.5) is 0 Å². The first-order valence-corrected chi connectivity index (χ1v) is 5.89. The molecule has 3 unspecified atom stereocenters. The van der Waals surface area contributed by atoms with Gasteiger partial charge in [-0.25, -0.2) is 0 Å². The highest BCUT2D eigenvalue weighted by Crippen LogP contribution is 2.35. The predicted molar refractivity (Wildman–Crippen MR) is 58.6 cm³/mol. The minimum absolute atomic E-state index is 0.469. The Morgan fingerprint density at radius 3 is 2.46 bits per heavy atom. The lowest BCUT2D eigenvalue weighted by atomic mass is 9.90. The molecule has 0 aromatic carbocycles. The standard InChI is InChI=1S/C12H25N/c1-4-10-5-6-11(8-10)12(13)7-9(2)3/h9-12H,4-8,13H2,1-3H3. The summed E-state index contributed by atoms with van der Waals surface area (Å²) in [7, 11) is 0. The van der Waals surface area contributed by atoms with E-state index >= 15 is 0 Å². The van der Waals surface area contributed by atoms with Crippen molar-refractivity contribution in [2.75, 3.05) is 0 Å². The molecule has 1 heteroatoms. The van der Waals surface area contributed by atoms with Crippen molar-refractivity contribution in [2.45, 2.75) is 58.9 Å². The summed E-state index contributed by atoms with van der Waals surface area (Å²) in [4.78, 5) is 0. The lowest BCUT2D eigenvalue weighted by Gasteiger charge is -2.21. The number of rotatable bonds is 4. The van der Waals surface area contributed by atoms with Gasteiger partial charge in [0.1, 0.15) is 0 Å². The molecular weight excluding hydrogens is 158 g/mol. The third kappa shape index (κ3) is 3.30. The van der Waals surface area contributed by atoms with Crippen molar-refractivity contribution in [3.05, 3.63) is 0 Å². The summed E-state index contributed by atoms with van der Waals surface area (Å²) >= 11 is 0. The third-order valence-electron chi connectivity index (χ3n) is 3.51. The fourth-order valence-corrected chi connectivity index (χ4v) is 2.61. The molecule has 0 aliphatic heterocycles. The Balaban J connectivity index is 2.28. The van der Waals surface area contributed by atoms with Crippen LogP contribution in [-0.2, 0) is 0 Å². The van der Waals surface area contributed by atoms with Gasteiger partial charge in [0.25, 0.3) is 0 Å². The molecule has 13 heavy (non-hydrogen) atoms. The van der Waals surface area contributed by atoms with Gasteiger partial charge in [0.05, 0.1) is 0 Å². The van der Waals surface area contributed by atoms with Crippen molar-refractivity contribution in [1.82, 2.24) is 0 Å². The molecule has 1 nitrogen and oxygen atoms in total. The fraction of sp³-hybridized carbons (Fsp3) is 1.00. The summed E-state index contributed by atoms with van der Waals surface area (Å²) < 4.78 is 0. The van der Waals surface area contributed by atoms with Crippen LogP contribution in [0, 0.1) is 17.8 Å². The molecule has 78 valence electrons. The maximum atomic E-state index is 6.20. The average Bonchev–Trinajstić information content (AvgIpc) is 2.50. The Morgan fingerprint density at radius 1 is 1.31 bits per heavy atom. The first-order chi connectivity index (χ1) is 6.13. The molecule has 3 atom stereocenters. The van der Waals surface area contributed by atoms with E-state index in [9.17, 15) is 0 Å². The van der Waals surface area contributed by atoms with Crippen LogP contribution in [0.25, 0.3) is 0 Å². The lowest BCUT2D eigenvalue weighted by molar-refractivity contribution is 0.356. The molecule has 0 radical (unpaired) electrons. The molecular formula is C12H25N. The fourth-order valence-electron chi connectivity index (χ4n) is 2.61. The van der Waals surface area contributed by atoms with E-state index in [1.807, 2.05) is 0 Å². The van der Waals surface area contributed by atoms with Crippen LogP contribution >= 0.6 is 0 Å². The molecule has 0 spiro atoms. The van der Waals surface area contributed by atoms with E-state index in [0.29, 0.717) is 6.04 Å². The molecule has 1 rings (SSSR count). The van der Waals surface area contributed by atoms with Gasteiger partial charge in [-0.1, -0.05) is 33.6 Å². The van der Waals surface area contributed by atoms with Crippen LogP contribution in [-0.4, -0.2) is 6.04 Å². The molecule has 0 amide bonds. The van der Waals surface area contributed by atoms with Gasteiger partial charge in [-0.2, -0.15) is 0 Å². The minimum atomic E-state index is 0.469. The second-order valence-corrected chi connectivity index (χ2v) is 5.14. The van der Waals surface area contributed by atoms with Gasteiger partial charge in [-0.15, -0.1) is 0 Å². The lowest BCUT2D eigenvalue weighted by Crippen LogP contribution is -2.30. The van der Waals surface area contributed by atoms with E-state index in [4.69, 9.17) is 5.73 Å². The predicted octanol–water partition coefficient (Wildman–Crippen LogP) is 3.19. The van der Waals surface area contributed by atoms with Crippen molar-refractivity contribution >= 4 is 0 Å². The van der Waals surface area contributed by atoms with E-state index in [-0.39, 0.29) is 0 Å². The molecule has 0 bridgehead atoms. The smallest absolute Gasteiger partial charge is 0.00697 e. The van der Waals surface area contributed by atoms with Gasteiger partial charge in [-0.05, 0) is 37.0 Å². The second-order valence-electron chi connectivity index (χ2n) is 5.14. The second kappa shape index (κ2) is 4.99. The Labute approximate surface area is 83.1 Å². The van der Waals surface area contributed by atoms with E-state index in [1.54, 1.807) is 0 Å². The minimum Gasteiger partial charge on any atom is -0.327 e. The Hall–Kier alpha value is -0.0400. The highest BCUT2D eigenvalue weighted by Gasteiger charge is 2.27. The molecule has 0 saturated heterocycles. The molecule has 0 aromatic rings. The zero-order valence-corrected chi connectivity index (χ0v) is 9.42. The zero-order valence-electron chi connectivity index (χ0n) is 9.42. The maximum Gasteiger partial charge on any atom is 0.00697 e. The Bertz CT molecular complexity index is 142. The Morgan fingerprint density at radius 2 is 2.00 bits per heavy atom. The van der Waals surface area contributed by atoms with Crippen molar-refractivity contribution in [3.63, 3.8) is 0 Å². The summed E-state index contributed by atoms with van der Waals surface area (Å²) in [6.07, 6.45) is 6.76. The van der Waals surface area contributed by atoms with Gasteiger partial charge in [0, 0.05) is 6.04 Å². The molecule has 1 aliphatic rings. The van der Waals surface area contributed by atoms with E-state index in [1.165, 1.54) is 32.1 Å². The highest BCUT2D eigenvalue weighted by molar-refractivity contribution is 4.82. The highest BCUT2D eigenvalue weighted by atomic mass is 14.7. The van der Waals surface area contributed by atoms with Crippen molar-refractivity contribution in [2.24, 2.45) is 23.5 Å². The first-order valence-electron chi connectivity index (χ1n) is 5.89. The number of hydrogen-bond donors (Lipinski definition) is 1. The van der Waals surface area contributed by atoms with Gasteiger partial charge < -0.3 is 5.73 Å². The summed E-state index contributed by atoms with van der Waals surface area (Å²) in [5.41, 5.74) is 6.20. The molecule has 0 aromatic heterocycles. The number of hydrogen-bond acceptors (Lipinski definition) is 1. The zero-order chi connectivity index (χ0) is 9.84. The van der Waals surface area contributed by atoms with Crippen LogP contribution in [0.3, 0.4) is 0 Å². The maximum absolute atomic E-state index is 6.20. The van der Waals surface area contributed by atoms with Gasteiger partial charge in [0.2, 0.25) is 0 Å². The largest absolute Gasteiger partial charge is 0.327 e. The normalized spacial score (nSPS) is 31.2. The van der Waals surface area contributed by atoms with Crippen LogP contribution in [0.2, 0.25) is 0 Å². The topological polar surface area (TPSA) is 26.0 Å². The molecule has 2 N–H and O–H groups in total. The van der Waals surface area contributed by atoms with Crippen LogP contribution in [0.5, 0.6) is 0 Å². The van der Waals surface area contributed by atoms with Crippen molar-refractivity contribution < 1.29 is 0 Å². The van der Waals surface area contributed by atoms with Crippen molar-refractivity contribution in [3.8, 4) is 0 Å². The van der Waals surface area contributed by atoms with E-state index in [0.717, 1.165) is 17.8 Å². The van der Waals surface area contributed by atoms with Crippen LogP contribution in [0.15, 0.2) is 0 Å². The summed E-state index contributed by atoms with van der Waals surface area (Å²) in [6, 6.07) is 0.469. The van der Waals surface area contributed by atoms with Crippen LogP contribution in [0.1, 0.15) is 52.9 Å². The van der Waals surface area contributed by atoms with Gasteiger partial charge >= 0.3 is 0 Å². The van der Waals surface area contributed by atoms with Gasteiger partial charge in [0.15, 0.2) is 0 Å². The van der Waals surface area contributed by atoms with Crippen LogP contribution < -0.4 is 5.73 Å². The third-order valence-corrected chi connectivity index (χ3v) is 3.51. The molecule has 1 saturated carbocycles. The Kier molecular flexibility index (Phi) is 4.24. The molecule has 1 aliphatic carbocycles. The summed E-state index contributed by atoms with van der Waals surface area (Å²) in [5.74, 6) is 2.56. The van der Waals surface area contributed by atoms with E-state index in [2.05, 4.69) is 20.8 Å². The monoisotopic (exact) mass is 183 g/mol. The molecule has 0 heterocycles. The quantitative estimate of drug-likeness (QED) is 0.711. The first kappa shape index (κ1) is 11.0.